The summed E-state index contributed by atoms with van der Waals surface area (Å²) in [7, 11) is -1.54. The molecule has 0 bridgehead atoms. The number of sulfonamides is 1. The normalized spacial score (nSPS) is 13.6. The van der Waals surface area contributed by atoms with Crippen LogP contribution in [0.4, 0.5) is 10.5 Å². The highest BCUT2D eigenvalue weighted by atomic mass is 32.2. The Hall–Kier alpha value is -7.71. The zero-order valence-electron chi connectivity index (χ0n) is 56.3. The number of aromatic nitrogens is 3. The summed E-state index contributed by atoms with van der Waals surface area (Å²) in [5.41, 5.74) is 5.95. The molecule has 0 saturated carbocycles. The van der Waals surface area contributed by atoms with Gasteiger partial charge in [-0.3, -0.25) is 19.8 Å². The molecule has 1 aliphatic carbocycles. The fraction of sp³-hybridized carbons (Fsp3) is 0.500. The summed E-state index contributed by atoms with van der Waals surface area (Å²) in [6.07, 6.45) is 14.1. The lowest BCUT2D eigenvalue weighted by Crippen LogP contribution is -2.57. The lowest BCUT2D eigenvalue weighted by atomic mass is 9.93. The third-order valence-corrected chi connectivity index (χ3v) is 21.1. The first kappa shape index (κ1) is 73.1. The van der Waals surface area contributed by atoms with Crippen molar-refractivity contribution < 1.29 is 45.0 Å². The van der Waals surface area contributed by atoms with Crippen LogP contribution in [-0.4, -0.2) is 139 Å². The molecule has 2 unspecified atom stereocenters. The maximum atomic E-state index is 14.4. The molecule has 4 heterocycles. The number of benzene rings is 4. The van der Waals surface area contributed by atoms with Crippen molar-refractivity contribution in [1.82, 2.24) is 49.9 Å². The number of piperidine rings is 1. The molecule has 3 aromatic carbocycles. The van der Waals surface area contributed by atoms with Gasteiger partial charge in [-0.05, 0) is 129 Å². The molecule has 0 spiro atoms. The minimum absolute atomic E-state index is 0.0297. The first-order valence-corrected chi connectivity index (χ1v) is 37.3. The van der Waals surface area contributed by atoms with E-state index in [9.17, 15) is 36.0 Å². The van der Waals surface area contributed by atoms with Crippen LogP contribution in [0.2, 0.25) is 0 Å². The van der Waals surface area contributed by atoms with E-state index in [1.807, 2.05) is 78.7 Å². The van der Waals surface area contributed by atoms with E-state index in [2.05, 4.69) is 97.1 Å². The zero-order chi connectivity index (χ0) is 68.0. The van der Waals surface area contributed by atoms with Crippen LogP contribution in [0.1, 0.15) is 128 Å². The van der Waals surface area contributed by atoms with Crippen LogP contribution < -0.4 is 55.5 Å². The lowest BCUT2D eigenvalue weighted by molar-refractivity contribution is -0.678. The first-order chi connectivity index (χ1) is 45.8. The van der Waals surface area contributed by atoms with Crippen LogP contribution in [-0.2, 0) is 68.6 Å². The number of nitrogens with zero attached hydrogens (tertiary/aromatic N) is 6. The number of urea groups is 1. The van der Waals surface area contributed by atoms with Gasteiger partial charge >= 0.3 is 6.03 Å². The Labute approximate surface area is 565 Å². The number of thiazole rings is 1. The van der Waals surface area contributed by atoms with Crippen molar-refractivity contribution in [3.63, 3.8) is 0 Å². The highest BCUT2D eigenvalue weighted by Crippen LogP contribution is 2.43. The molecule has 1 fully saturated rings. The maximum Gasteiger partial charge on any atom is 0.314 e. The third-order valence-electron chi connectivity index (χ3n) is 18.0. The van der Waals surface area contributed by atoms with Crippen molar-refractivity contribution in [2.75, 3.05) is 70.9 Å². The lowest BCUT2D eigenvalue weighted by Gasteiger charge is -2.31. The molecule has 8 rings (SSSR count). The van der Waals surface area contributed by atoms with Crippen molar-refractivity contribution in [3.05, 3.63) is 130 Å². The molecule has 2 aromatic heterocycles. The number of imidazole rings is 1. The molecule has 1 saturated heterocycles. The van der Waals surface area contributed by atoms with Crippen LogP contribution in [0.3, 0.4) is 0 Å². The van der Waals surface area contributed by atoms with Gasteiger partial charge in [0.1, 0.15) is 55.0 Å². The molecule has 0 radical (unpaired) electrons. The van der Waals surface area contributed by atoms with E-state index >= 15 is 0 Å². The number of nitrogens with one attached hydrogen (secondary N) is 7. The van der Waals surface area contributed by atoms with Gasteiger partial charge in [0.15, 0.2) is 15.5 Å². The third kappa shape index (κ3) is 20.7. The first-order valence-electron chi connectivity index (χ1n) is 33.8. The van der Waals surface area contributed by atoms with E-state index in [1.165, 1.54) is 23.5 Å². The summed E-state index contributed by atoms with van der Waals surface area (Å²) >= 11 is 1.22. The van der Waals surface area contributed by atoms with Crippen molar-refractivity contribution in [3.8, 4) is 22.5 Å². The Balaban J connectivity index is 0.761. The second-order valence-corrected chi connectivity index (χ2v) is 28.4. The van der Waals surface area contributed by atoms with Crippen LogP contribution in [0, 0.1) is 5.41 Å². The zero-order valence-corrected chi connectivity index (χ0v) is 58.9. The number of likely N-dealkylation sites (tertiary alicyclic amines) is 1. The second kappa shape index (κ2) is 35.9. The average molecular weight is 1360 g/mol. The predicted molar refractivity (Wildman–Crippen MR) is 374 cm³/mol. The topological polar surface area (TPSA) is 269 Å². The monoisotopic (exact) mass is 1360 g/mol. The predicted octanol–water partition coefficient (Wildman–Crippen LogP) is 6.92. The van der Waals surface area contributed by atoms with Gasteiger partial charge in [-0.1, -0.05) is 74.9 Å². The summed E-state index contributed by atoms with van der Waals surface area (Å²) in [4.78, 5) is 59.5. The van der Waals surface area contributed by atoms with Gasteiger partial charge in [0.2, 0.25) is 39.4 Å². The number of anilines is 1. The van der Waals surface area contributed by atoms with Crippen LogP contribution in [0.15, 0.2) is 117 Å². The van der Waals surface area contributed by atoms with Crippen LogP contribution in [0.5, 0.6) is 0 Å². The molecule has 7 N–H and O–H groups in total. The van der Waals surface area contributed by atoms with Crippen molar-refractivity contribution in [1.29, 1.82) is 5.41 Å². The van der Waals surface area contributed by atoms with Gasteiger partial charge in [-0.15, -0.1) is 11.3 Å². The molecule has 2 atom stereocenters. The molecule has 22 nitrogen and oxygen atoms in total. The van der Waals surface area contributed by atoms with E-state index in [4.69, 9.17) is 9.83 Å². The summed E-state index contributed by atoms with van der Waals surface area (Å²) in [5.74, 6) is -0.556. The Morgan fingerprint density at radius 3 is 2.09 bits per heavy atom. The highest BCUT2D eigenvalue weighted by Gasteiger charge is 2.32. The minimum atomic E-state index is -4.03. The standard InChI is InChI=1S/C70H97N13O9S3/c1-8-82(9-2)52-28-31-57-62(42-52)92-63-43-53(83(10-3)11-4)29-32-58(63)66(57)59-33-30-56(45-64(59)94(88)89)95(90,91)74-38-23-17-15-13-12-14-16-22-36-72-70(87)73-37-24-21-27-60(76-65(84)44-55-48-93-69(71)80(55)7)67(85)77-61(68(86)75-51-34-39-78(5)40-35-51)41-54-47-81(49-79(54)6)46-50-25-19-18-20-26-50/h18-20,25-26,28-33,42-43,45,47-49,51,60-61,71,74,94H,8-17,21-24,27,34-41,44,46H2,1-7H3,(H3-2,72,73,75,76,77,84,85,86,87)/p+2. The van der Waals surface area contributed by atoms with Gasteiger partial charge < -0.3 is 45.4 Å². The van der Waals surface area contributed by atoms with Gasteiger partial charge in [-0.2, -0.15) is 0 Å². The summed E-state index contributed by atoms with van der Waals surface area (Å²) < 4.78 is 70.6. The number of carbonyl (C=O) groups is 4. The number of fused-ring (bicyclic) bond motifs is 2. The van der Waals surface area contributed by atoms with Crippen LogP contribution in [0.25, 0.3) is 33.4 Å². The molecule has 3 aliphatic rings. The Morgan fingerprint density at radius 2 is 1.44 bits per heavy atom. The van der Waals surface area contributed by atoms with E-state index in [0.29, 0.717) is 82.8 Å². The SMILES string of the molecule is CCN(CC)c1ccc2c(-c3ccc(S(=O)(=O)NCCCCCCCCCCNC(=O)NCCCCC(NC(=O)Cc4csc(=N)n4C)C(=O)NC(Cc4cn(Cc5ccccc5)c[n+]4C)C(=O)NC4CCN(C)CC4)cc3[SH](=O)=O)c3ccc(=[N+](CC)CC)cc-3oc2c1. The highest BCUT2D eigenvalue weighted by molar-refractivity contribution is 7.89. The van der Waals surface area contributed by atoms with Crippen molar-refractivity contribution in [2.45, 2.75) is 158 Å². The average Bonchev–Trinajstić information content (AvgIpc) is 1.27. The molecule has 5 amide bonds. The molecular formula is C70H99N13O9S3+2. The Bertz CT molecular complexity index is 4000. The van der Waals surface area contributed by atoms with E-state index in [0.717, 1.165) is 119 Å². The van der Waals surface area contributed by atoms with Crippen molar-refractivity contribution in [2.24, 2.45) is 14.1 Å². The summed E-state index contributed by atoms with van der Waals surface area (Å²) in [6.45, 7) is 14.9. The number of aryl methyl sites for hydroxylation is 1. The maximum absolute atomic E-state index is 14.4. The second-order valence-electron chi connectivity index (χ2n) is 24.8. The van der Waals surface area contributed by atoms with Crippen molar-refractivity contribution >= 4 is 72.5 Å². The van der Waals surface area contributed by atoms with Gasteiger partial charge in [0.25, 0.3) is 0 Å². The van der Waals surface area contributed by atoms with E-state index in [-0.39, 0.29) is 59.5 Å². The number of thiol groups is 1. The molecule has 25 heteroatoms. The summed E-state index contributed by atoms with van der Waals surface area (Å²) in [5, 5.41) is 26.6. The number of carbonyl (C=O) groups excluding carboxylic acids is 4. The molecule has 95 heavy (non-hydrogen) atoms. The van der Waals surface area contributed by atoms with Gasteiger partial charge in [0, 0.05) is 103 Å². The molecule has 2 aliphatic heterocycles. The number of hydrogen-bond donors (Lipinski definition) is 8. The van der Waals surface area contributed by atoms with E-state index in [1.54, 1.807) is 23.1 Å². The number of rotatable bonds is 36. The summed E-state index contributed by atoms with van der Waals surface area (Å²) in [6, 6.07) is 24.0. The fourth-order valence-corrected chi connectivity index (χ4v) is 15.0. The smallest absolute Gasteiger partial charge is 0.314 e. The van der Waals surface area contributed by atoms with E-state index < -0.39 is 38.7 Å². The van der Waals surface area contributed by atoms with Crippen LogP contribution >= 0.6 is 11.3 Å². The molecular weight excluding hydrogens is 1260 g/mol. The Morgan fingerprint density at radius 1 is 0.779 bits per heavy atom. The quantitative estimate of drug-likeness (QED) is 0.00865. The molecule has 5 aromatic rings. The van der Waals surface area contributed by atoms with Gasteiger partial charge in [-0.25, -0.2) is 40.1 Å². The largest absolute Gasteiger partial charge is 0.456 e. The number of amides is 5. The number of unbranched alkanes of at least 4 members (excludes halogenated alkanes) is 8. The van der Waals surface area contributed by atoms with Gasteiger partial charge in [0.05, 0.1) is 29.3 Å². The Kier molecular flexibility index (Phi) is 27.6. The fourth-order valence-electron chi connectivity index (χ4n) is 12.4. The number of hydrogen-bond acceptors (Lipinski definition) is 13. The molecule has 514 valence electrons. The minimum Gasteiger partial charge on any atom is -0.456 e.